The smallest absolute Gasteiger partial charge is 0.253 e. The van der Waals surface area contributed by atoms with Gasteiger partial charge in [0.05, 0.1) is 0 Å². The van der Waals surface area contributed by atoms with Crippen molar-refractivity contribution >= 4 is 17.5 Å². The number of carbonyl (C=O) groups is 1. The minimum absolute atomic E-state index is 0.0146. The molecule has 0 aliphatic heterocycles. The Morgan fingerprint density at radius 2 is 2.07 bits per heavy atom. The van der Waals surface area contributed by atoms with Crippen LogP contribution in [0, 0.1) is 12.3 Å². The number of carbonyl (C=O) groups excluding carboxylic acids is 1. The van der Waals surface area contributed by atoms with Crippen molar-refractivity contribution in [2.75, 3.05) is 19.8 Å². The maximum absolute atomic E-state index is 12.5. The number of nitrogens with one attached hydrogen (secondary N) is 1. The van der Waals surface area contributed by atoms with Gasteiger partial charge in [0.2, 0.25) is 0 Å². The molecule has 2 rings (SSSR count). The van der Waals surface area contributed by atoms with Gasteiger partial charge in [0, 0.05) is 11.6 Å². The second-order valence-corrected chi connectivity index (χ2v) is 6.33. The maximum atomic E-state index is 12.5. The van der Waals surface area contributed by atoms with E-state index in [0.717, 1.165) is 5.56 Å². The Kier molecular flexibility index (Phi) is 8.41. The van der Waals surface area contributed by atoms with Crippen LogP contribution in [0.15, 0.2) is 55.1 Å². The molecule has 2 N–H and O–H groups in total. The third-order valence-corrected chi connectivity index (χ3v) is 4.09. The molecule has 0 saturated carbocycles. The minimum atomic E-state index is -0.823. The number of ether oxygens (including phenoxy) is 2. The normalized spacial score (nSPS) is 11.3. The maximum Gasteiger partial charge on any atom is 0.253 e. The van der Waals surface area contributed by atoms with Crippen LogP contribution in [-0.4, -0.2) is 30.8 Å². The molecule has 5 nitrogen and oxygen atoms in total. The second-order valence-electron chi connectivity index (χ2n) is 5.89. The molecule has 0 radical (unpaired) electrons. The lowest BCUT2D eigenvalue weighted by Crippen LogP contribution is -2.32. The molecule has 0 spiro atoms. The summed E-state index contributed by atoms with van der Waals surface area (Å²) in [4.78, 5) is 12.5. The molecule has 146 valence electrons. The highest BCUT2D eigenvalue weighted by molar-refractivity contribution is 6.30. The third-order valence-electron chi connectivity index (χ3n) is 3.84. The van der Waals surface area contributed by atoms with Crippen molar-refractivity contribution in [2.24, 2.45) is 0 Å². The summed E-state index contributed by atoms with van der Waals surface area (Å²) >= 11 is 5.90. The first kappa shape index (κ1) is 21.4. The van der Waals surface area contributed by atoms with Crippen LogP contribution >= 0.6 is 11.6 Å². The predicted octanol–water partition coefficient (Wildman–Crippen LogP) is 3.66. The Labute approximate surface area is 169 Å². The molecule has 0 heterocycles. The number of amides is 1. The minimum Gasteiger partial charge on any atom is -0.504 e. The summed E-state index contributed by atoms with van der Waals surface area (Å²) in [7, 11) is 0. The Hall–Kier alpha value is -2.94. The lowest BCUT2D eigenvalue weighted by atomic mass is 10.1. The van der Waals surface area contributed by atoms with Crippen LogP contribution in [0.1, 0.15) is 17.2 Å². The SMILES string of the molecule is C#CCOC(C(=O)NCCc1ccc(OCC=C)c(O)c1)c1ccc(Cl)cc1. The Morgan fingerprint density at radius 3 is 2.71 bits per heavy atom. The van der Waals surface area contributed by atoms with Crippen LogP contribution in [0.2, 0.25) is 5.02 Å². The highest BCUT2D eigenvalue weighted by Crippen LogP contribution is 2.27. The summed E-state index contributed by atoms with van der Waals surface area (Å²) in [6, 6.07) is 11.9. The van der Waals surface area contributed by atoms with Gasteiger partial charge < -0.3 is 19.9 Å². The van der Waals surface area contributed by atoms with Gasteiger partial charge in [0.25, 0.3) is 5.91 Å². The Bertz CT molecular complexity index is 843. The van der Waals surface area contributed by atoms with Gasteiger partial charge in [-0.3, -0.25) is 4.79 Å². The predicted molar refractivity (Wildman–Crippen MR) is 109 cm³/mol. The van der Waals surface area contributed by atoms with Crippen LogP contribution in [0.4, 0.5) is 0 Å². The second kappa shape index (κ2) is 11.0. The van der Waals surface area contributed by atoms with E-state index in [0.29, 0.717) is 35.9 Å². The highest BCUT2D eigenvalue weighted by atomic mass is 35.5. The van der Waals surface area contributed by atoms with Crippen LogP contribution in [0.5, 0.6) is 11.5 Å². The third kappa shape index (κ3) is 6.34. The molecule has 0 bridgehead atoms. The fourth-order valence-electron chi connectivity index (χ4n) is 2.50. The lowest BCUT2D eigenvalue weighted by Gasteiger charge is -2.17. The summed E-state index contributed by atoms with van der Waals surface area (Å²) in [6.45, 7) is 4.26. The van der Waals surface area contributed by atoms with Crippen LogP contribution in [0.25, 0.3) is 0 Å². The zero-order chi connectivity index (χ0) is 20.4. The molecular formula is C22H22ClNO4. The molecular weight excluding hydrogens is 378 g/mol. The zero-order valence-electron chi connectivity index (χ0n) is 15.4. The molecule has 0 aliphatic carbocycles. The number of terminal acetylenes is 1. The molecule has 2 aromatic carbocycles. The van der Waals surface area contributed by atoms with Crippen LogP contribution in [-0.2, 0) is 16.0 Å². The summed E-state index contributed by atoms with van der Waals surface area (Å²) in [5.41, 5.74) is 1.52. The van der Waals surface area contributed by atoms with Gasteiger partial charge in [-0.25, -0.2) is 0 Å². The first-order valence-corrected chi connectivity index (χ1v) is 9.06. The van der Waals surface area contributed by atoms with E-state index in [9.17, 15) is 9.90 Å². The fourth-order valence-corrected chi connectivity index (χ4v) is 2.63. The number of phenols is 1. The van der Waals surface area contributed by atoms with Crippen molar-refractivity contribution in [3.8, 4) is 23.8 Å². The first-order valence-electron chi connectivity index (χ1n) is 8.69. The van der Waals surface area contributed by atoms with Crippen LogP contribution in [0.3, 0.4) is 0 Å². The summed E-state index contributed by atoms with van der Waals surface area (Å²) in [5.74, 6) is 2.50. The lowest BCUT2D eigenvalue weighted by molar-refractivity contribution is -0.132. The number of benzene rings is 2. The van der Waals surface area contributed by atoms with Gasteiger partial charge in [-0.1, -0.05) is 48.4 Å². The van der Waals surface area contributed by atoms with Gasteiger partial charge in [-0.05, 0) is 41.8 Å². The molecule has 6 heteroatoms. The number of aromatic hydroxyl groups is 1. The number of hydrogen-bond acceptors (Lipinski definition) is 4. The molecule has 0 aliphatic rings. The van der Waals surface area contributed by atoms with Gasteiger partial charge in [0.15, 0.2) is 17.6 Å². The average Bonchev–Trinajstić information content (AvgIpc) is 2.69. The van der Waals surface area contributed by atoms with E-state index in [1.54, 1.807) is 42.5 Å². The fraction of sp³-hybridized carbons (Fsp3) is 0.227. The van der Waals surface area contributed by atoms with Gasteiger partial charge in [-0.2, -0.15) is 0 Å². The van der Waals surface area contributed by atoms with E-state index >= 15 is 0 Å². The molecule has 0 aromatic heterocycles. The molecule has 2 aromatic rings. The van der Waals surface area contributed by atoms with E-state index in [1.807, 2.05) is 6.07 Å². The van der Waals surface area contributed by atoms with Crippen molar-refractivity contribution in [3.05, 3.63) is 71.3 Å². The number of halogens is 1. The Balaban J connectivity index is 1.95. The molecule has 1 unspecified atom stereocenters. The molecule has 0 saturated heterocycles. The molecule has 28 heavy (non-hydrogen) atoms. The van der Waals surface area contributed by atoms with Gasteiger partial charge in [-0.15, -0.1) is 6.42 Å². The zero-order valence-corrected chi connectivity index (χ0v) is 16.1. The number of phenolic OH excluding ortho intramolecular Hbond substituents is 1. The summed E-state index contributed by atoms with van der Waals surface area (Å²) < 4.78 is 10.8. The van der Waals surface area contributed by atoms with E-state index in [-0.39, 0.29) is 18.3 Å². The van der Waals surface area contributed by atoms with Crippen molar-refractivity contribution in [2.45, 2.75) is 12.5 Å². The van der Waals surface area contributed by atoms with Crippen molar-refractivity contribution < 1.29 is 19.4 Å². The van der Waals surface area contributed by atoms with Crippen molar-refractivity contribution in [1.29, 1.82) is 0 Å². The molecule has 1 atom stereocenters. The number of hydrogen-bond donors (Lipinski definition) is 2. The van der Waals surface area contributed by atoms with Gasteiger partial charge >= 0.3 is 0 Å². The van der Waals surface area contributed by atoms with E-state index in [2.05, 4.69) is 17.8 Å². The van der Waals surface area contributed by atoms with Crippen molar-refractivity contribution in [3.63, 3.8) is 0 Å². The number of rotatable bonds is 10. The monoisotopic (exact) mass is 399 g/mol. The van der Waals surface area contributed by atoms with Crippen molar-refractivity contribution in [1.82, 2.24) is 5.32 Å². The first-order chi connectivity index (χ1) is 13.5. The topological polar surface area (TPSA) is 67.8 Å². The Morgan fingerprint density at radius 1 is 1.32 bits per heavy atom. The van der Waals surface area contributed by atoms with E-state index < -0.39 is 6.10 Å². The summed E-state index contributed by atoms with van der Waals surface area (Å²) in [5, 5.41) is 13.4. The highest BCUT2D eigenvalue weighted by Gasteiger charge is 2.20. The van der Waals surface area contributed by atoms with Crippen LogP contribution < -0.4 is 10.1 Å². The van der Waals surface area contributed by atoms with Gasteiger partial charge in [0.1, 0.15) is 13.2 Å². The van der Waals surface area contributed by atoms with E-state index in [4.69, 9.17) is 27.5 Å². The largest absolute Gasteiger partial charge is 0.504 e. The quantitative estimate of drug-likeness (QED) is 0.472. The average molecular weight is 400 g/mol. The molecule has 0 fully saturated rings. The van der Waals surface area contributed by atoms with E-state index in [1.165, 1.54) is 0 Å². The summed E-state index contributed by atoms with van der Waals surface area (Å²) in [6.07, 6.45) is 6.55. The molecule has 1 amide bonds. The standard InChI is InChI=1S/C22H22ClNO4/c1-3-13-27-20-10-5-16(15-19(20)25)11-12-24-22(26)21(28-14-4-2)17-6-8-18(23)9-7-17/h2-3,5-10,15,21,25H,1,11-14H2,(H,24,26).